The largest absolute Gasteiger partial charge is 0.455 e. The first-order valence-corrected chi connectivity index (χ1v) is 1.80. The lowest BCUT2D eigenvalue weighted by Crippen LogP contribution is -1.98. The van der Waals surface area contributed by atoms with Gasteiger partial charge < -0.3 is 4.74 Å². The molecule has 6 heavy (non-hydrogen) atoms. The van der Waals surface area contributed by atoms with Crippen LogP contribution in [0, 0.1) is 0 Å². The Morgan fingerprint density at radius 3 is 2.17 bits per heavy atom. The fraction of sp³-hybridized carbons (Fsp3) is 0.750. The summed E-state index contributed by atoms with van der Waals surface area (Å²) in [5.74, 6) is 0. The SMILES string of the molecule is CC(C)O[C]=O. The molecule has 0 N–H and O–H groups in total. The number of ether oxygens (including phenoxy) is 1. The first kappa shape index (κ1) is 5.47. The van der Waals surface area contributed by atoms with E-state index in [1.54, 1.807) is 13.8 Å². The molecule has 0 rings (SSSR count). The molecule has 0 aliphatic heterocycles. The average molecular weight is 87.1 g/mol. The second kappa shape index (κ2) is 2.69. The number of hydrogen-bond acceptors (Lipinski definition) is 2. The van der Waals surface area contributed by atoms with Crippen molar-refractivity contribution in [2.24, 2.45) is 0 Å². The van der Waals surface area contributed by atoms with Gasteiger partial charge in [-0.2, -0.15) is 0 Å². The molecule has 0 aliphatic rings. The van der Waals surface area contributed by atoms with E-state index in [2.05, 4.69) is 4.74 Å². The zero-order valence-electron chi connectivity index (χ0n) is 3.89. The molecule has 0 aromatic carbocycles. The van der Waals surface area contributed by atoms with Gasteiger partial charge in [0.05, 0.1) is 6.10 Å². The van der Waals surface area contributed by atoms with Crippen molar-refractivity contribution < 1.29 is 9.53 Å². The molecule has 0 fully saturated rings. The summed E-state index contributed by atoms with van der Waals surface area (Å²) in [6.45, 7) is 4.85. The van der Waals surface area contributed by atoms with Crippen LogP contribution in [-0.2, 0) is 9.53 Å². The Morgan fingerprint density at radius 1 is 1.67 bits per heavy atom. The number of hydrogen-bond donors (Lipinski definition) is 0. The molecule has 2 heteroatoms. The van der Waals surface area contributed by atoms with Crippen molar-refractivity contribution in [1.82, 2.24) is 0 Å². The van der Waals surface area contributed by atoms with Crippen LogP contribution in [0.5, 0.6) is 0 Å². The van der Waals surface area contributed by atoms with Crippen LogP contribution in [0.1, 0.15) is 13.8 Å². The highest BCUT2D eigenvalue weighted by atomic mass is 16.5. The first-order chi connectivity index (χ1) is 2.77. The third kappa shape index (κ3) is 3.47. The van der Waals surface area contributed by atoms with Gasteiger partial charge in [0.15, 0.2) is 0 Å². The van der Waals surface area contributed by atoms with Gasteiger partial charge in [-0.05, 0) is 13.8 Å². The molecule has 2 nitrogen and oxygen atoms in total. The fourth-order valence-corrected chi connectivity index (χ4v) is 0.0962. The predicted octanol–water partition coefficient (Wildman–Crippen LogP) is 0.479. The molecule has 0 spiro atoms. The lowest BCUT2D eigenvalue weighted by Gasteiger charge is -1.94. The third-order valence-corrected chi connectivity index (χ3v) is 0.284. The Bertz CT molecular complexity index is 40.8. The monoisotopic (exact) mass is 87.0 g/mol. The van der Waals surface area contributed by atoms with E-state index in [0.717, 1.165) is 0 Å². The van der Waals surface area contributed by atoms with E-state index in [1.807, 2.05) is 0 Å². The summed E-state index contributed by atoms with van der Waals surface area (Å²) >= 11 is 0. The van der Waals surface area contributed by atoms with E-state index >= 15 is 0 Å². The van der Waals surface area contributed by atoms with Gasteiger partial charge in [0.2, 0.25) is 0 Å². The smallest absolute Gasteiger partial charge is 0.417 e. The molecule has 0 saturated carbocycles. The topological polar surface area (TPSA) is 26.3 Å². The lowest BCUT2D eigenvalue weighted by atomic mass is 10.5. The normalized spacial score (nSPS) is 8.50. The fourth-order valence-electron chi connectivity index (χ4n) is 0.0962. The van der Waals surface area contributed by atoms with E-state index in [4.69, 9.17) is 0 Å². The zero-order valence-corrected chi connectivity index (χ0v) is 3.89. The summed E-state index contributed by atoms with van der Waals surface area (Å²) in [7, 11) is 0. The summed E-state index contributed by atoms with van der Waals surface area (Å²) in [5.41, 5.74) is 0. The quantitative estimate of drug-likeness (QED) is 0.489. The highest BCUT2D eigenvalue weighted by molar-refractivity contribution is 5.38. The number of rotatable bonds is 2. The van der Waals surface area contributed by atoms with Gasteiger partial charge in [0.1, 0.15) is 0 Å². The maximum Gasteiger partial charge on any atom is 0.417 e. The van der Waals surface area contributed by atoms with Crippen LogP contribution in [-0.4, -0.2) is 12.6 Å². The summed E-state index contributed by atoms with van der Waals surface area (Å²) in [4.78, 5) is 9.27. The van der Waals surface area contributed by atoms with Crippen LogP contribution in [0.25, 0.3) is 0 Å². The van der Waals surface area contributed by atoms with Crippen LogP contribution in [0.4, 0.5) is 0 Å². The average Bonchev–Trinajstić information content (AvgIpc) is 1.35. The van der Waals surface area contributed by atoms with Gasteiger partial charge >= 0.3 is 6.47 Å². The van der Waals surface area contributed by atoms with Crippen molar-refractivity contribution in [2.75, 3.05) is 0 Å². The maximum atomic E-state index is 9.27. The van der Waals surface area contributed by atoms with Crippen LogP contribution in [0.3, 0.4) is 0 Å². The van der Waals surface area contributed by atoms with Crippen LogP contribution >= 0.6 is 0 Å². The molecule has 1 radical (unpaired) electrons. The predicted molar refractivity (Wildman–Crippen MR) is 21.9 cm³/mol. The summed E-state index contributed by atoms with van der Waals surface area (Å²) < 4.78 is 4.24. The second-order valence-electron chi connectivity index (χ2n) is 1.25. The Balaban J connectivity index is 2.81. The van der Waals surface area contributed by atoms with Gasteiger partial charge in [0.25, 0.3) is 0 Å². The molecule has 35 valence electrons. The van der Waals surface area contributed by atoms with Gasteiger partial charge in [0, 0.05) is 0 Å². The minimum Gasteiger partial charge on any atom is -0.455 e. The van der Waals surface area contributed by atoms with Gasteiger partial charge in [-0.25, -0.2) is 4.79 Å². The highest BCUT2D eigenvalue weighted by Gasteiger charge is 1.85. The van der Waals surface area contributed by atoms with Crippen molar-refractivity contribution in [1.29, 1.82) is 0 Å². The van der Waals surface area contributed by atoms with Crippen molar-refractivity contribution in [3.8, 4) is 0 Å². The van der Waals surface area contributed by atoms with Crippen LogP contribution < -0.4 is 0 Å². The molecular weight excluding hydrogens is 80.0 g/mol. The van der Waals surface area contributed by atoms with Gasteiger partial charge in [-0.15, -0.1) is 0 Å². The Kier molecular flexibility index (Phi) is 2.46. The molecule has 0 bridgehead atoms. The molecule has 0 amide bonds. The van der Waals surface area contributed by atoms with Gasteiger partial charge in [-0.1, -0.05) is 0 Å². The third-order valence-electron chi connectivity index (χ3n) is 0.284. The maximum absolute atomic E-state index is 9.27. The van der Waals surface area contributed by atoms with Crippen molar-refractivity contribution in [3.05, 3.63) is 0 Å². The van der Waals surface area contributed by atoms with Crippen LogP contribution in [0.2, 0.25) is 0 Å². The van der Waals surface area contributed by atoms with Crippen molar-refractivity contribution in [3.63, 3.8) is 0 Å². The standard InChI is InChI=1S/C4H7O2/c1-4(2)6-3-5/h4H,1-2H3. The molecule has 0 saturated heterocycles. The van der Waals surface area contributed by atoms with Crippen molar-refractivity contribution >= 4 is 6.47 Å². The Morgan fingerprint density at radius 2 is 2.17 bits per heavy atom. The summed E-state index contributed by atoms with van der Waals surface area (Å²) in [6, 6.07) is 0. The Hall–Kier alpha value is -0.530. The van der Waals surface area contributed by atoms with E-state index < -0.39 is 0 Å². The van der Waals surface area contributed by atoms with Crippen molar-refractivity contribution in [2.45, 2.75) is 20.0 Å². The van der Waals surface area contributed by atoms with E-state index in [0.29, 0.717) is 0 Å². The molecule has 0 aromatic heterocycles. The Labute approximate surface area is 37.1 Å². The molecule has 0 atom stereocenters. The summed E-state index contributed by atoms with van der Waals surface area (Å²) in [6.07, 6.45) is -0.0255. The minimum absolute atomic E-state index is 0.0255. The highest BCUT2D eigenvalue weighted by Crippen LogP contribution is 1.79. The molecule has 0 unspecified atom stereocenters. The molecule has 0 aromatic rings. The molecule has 0 aliphatic carbocycles. The van der Waals surface area contributed by atoms with Gasteiger partial charge in [-0.3, -0.25) is 0 Å². The van der Waals surface area contributed by atoms with E-state index in [-0.39, 0.29) is 6.10 Å². The molecular formula is C4H7O2. The molecule has 0 heterocycles. The summed E-state index contributed by atoms with van der Waals surface area (Å²) in [5, 5.41) is 0. The van der Waals surface area contributed by atoms with E-state index in [9.17, 15) is 4.79 Å². The second-order valence-corrected chi connectivity index (χ2v) is 1.25. The first-order valence-electron chi connectivity index (χ1n) is 1.80. The number of carbonyl (C=O) groups excluding carboxylic acids is 1. The van der Waals surface area contributed by atoms with E-state index in [1.165, 1.54) is 6.47 Å². The zero-order chi connectivity index (χ0) is 4.99. The van der Waals surface area contributed by atoms with Crippen LogP contribution in [0.15, 0.2) is 0 Å². The minimum atomic E-state index is -0.0255. The lowest BCUT2D eigenvalue weighted by molar-refractivity contribution is 0.212.